The van der Waals surface area contributed by atoms with Gasteiger partial charge in [-0.3, -0.25) is 15.0 Å². The average Bonchev–Trinajstić information content (AvgIpc) is 2.37. The van der Waals surface area contributed by atoms with Gasteiger partial charge in [0.1, 0.15) is 25.9 Å². The number of aliphatic hydroxyl groups excluding tert-OH is 1. The van der Waals surface area contributed by atoms with Crippen LogP contribution in [0.15, 0.2) is 0 Å². The Hall–Kier alpha value is -1.87. The predicted octanol–water partition coefficient (Wildman–Crippen LogP) is -2.34. The molecule has 0 heterocycles. The summed E-state index contributed by atoms with van der Waals surface area (Å²) in [5.41, 5.74) is 10.2. The number of nitrogens with two attached hydrogens (primary N) is 2. The first kappa shape index (κ1) is 17.1. The molecule has 19 heavy (non-hydrogen) atoms. The first-order chi connectivity index (χ1) is 8.95. The molecule has 0 rings (SSSR count). The van der Waals surface area contributed by atoms with Crippen LogP contribution in [0.3, 0.4) is 0 Å². The third kappa shape index (κ3) is 11.0. The lowest BCUT2D eigenvalue weighted by atomic mass is 10.3. The molecule has 0 aliphatic carbocycles. The zero-order chi connectivity index (χ0) is 14.7. The molecule has 0 fully saturated rings. The van der Waals surface area contributed by atoms with E-state index in [1.807, 2.05) is 0 Å². The van der Waals surface area contributed by atoms with E-state index in [2.05, 4.69) is 10.1 Å². The topological polar surface area (TPSA) is 161 Å². The summed E-state index contributed by atoms with van der Waals surface area (Å²) < 4.78 is 9.38. The second kappa shape index (κ2) is 10.1. The van der Waals surface area contributed by atoms with Crippen molar-refractivity contribution in [1.82, 2.24) is 5.32 Å². The minimum atomic E-state index is -1.09. The van der Waals surface area contributed by atoms with Crippen LogP contribution in [0, 0.1) is 5.41 Å². The first-order valence-electron chi connectivity index (χ1n) is 5.73. The minimum absolute atomic E-state index is 0.186. The van der Waals surface area contributed by atoms with E-state index in [1.165, 1.54) is 0 Å². The van der Waals surface area contributed by atoms with Gasteiger partial charge in [-0.05, 0) is 13.0 Å². The van der Waals surface area contributed by atoms with Gasteiger partial charge in [-0.15, -0.1) is 0 Å². The molecule has 0 saturated heterocycles. The number of guanidine groups is 1. The van der Waals surface area contributed by atoms with Gasteiger partial charge in [-0.2, -0.15) is 0 Å². The van der Waals surface area contributed by atoms with Crippen LogP contribution in [-0.4, -0.2) is 55.4 Å². The summed E-state index contributed by atoms with van der Waals surface area (Å²) in [5.74, 6) is -1.50. The van der Waals surface area contributed by atoms with E-state index >= 15 is 0 Å². The van der Waals surface area contributed by atoms with Gasteiger partial charge in [-0.1, -0.05) is 0 Å². The van der Waals surface area contributed by atoms with Crippen LogP contribution in [0.2, 0.25) is 0 Å². The van der Waals surface area contributed by atoms with E-state index in [4.69, 9.17) is 21.6 Å². The standard InChI is InChI=1S/C10H20N4O5/c11-3-1-2-8(16)18-5-7(15)6-19-9(17)4-14-10(12)13/h7,15H,1-6,11H2,(H4,12,13,14). The van der Waals surface area contributed by atoms with Crippen LogP contribution in [0.4, 0.5) is 0 Å². The monoisotopic (exact) mass is 276 g/mol. The van der Waals surface area contributed by atoms with Gasteiger partial charge >= 0.3 is 11.9 Å². The molecule has 0 amide bonds. The molecule has 0 radical (unpaired) electrons. The van der Waals surface area contributed by atoms with Gasteiger partial charge in [0.05, 0.1) is 0 Å². The SMILES string of the molecule is N=C(N)NCC(=O)OCC(O)COC(=O)CCCN. The number of ether oxygens (including phenoxy) is 2. The van der Waals surface area contributed by atoms with Crippen molar-refractivity contribution < 1.29 is 24.2 Å². The number of aliphatic hydroxyl groups is 1. The lowest BCUT2D eigenvalue weighted by Crippen LogP contribution is -2.36. The Kier molecular flexibility index (Phi) is 9.10. The lowest BCUT2D eigenvalue weighted by Gasteiger charge is -2.12. The predicted molar refractivity (Wildman–Crippen MR) is 66.1 cm³/mol. The zero-order valence-corrected chi connectivity index (χ0v) is 10.6. The van der Waals surface area contributed by atoms with Crippen LogP contribution >= 0.6 is 0 Å². The van der Waals surface area contributed by atoms with E-state index in [1.54, 1.807) is 0 Å². The number of rotatable bonds is 9. The number of nitrogens with one attached hydrogen (secondary N) is 2. The van der Waals surface area contributed by atoms with Gasteiger partial charge in [0.15, 0.2) is 5.96 Å². The fourth-order valence-corrected chi connectivity index (χ4v) is 0.963. The highest BCUT2D eigenvalue weighted by Crippen LogP contribution is 1.94. The quantitative estimate of drug-likeness (QED) is 0.178. The summed E-state index contributed by atoms with van der Waals surface area (Å²) in [6.45, 7) is -0.434. The highest BCUT2D eigenvalue weighted by molar-refractivity contribution is 5.80. The minimum Gasteiger partial charge on any atom is -0.463 e. The molecule has 1 unspecified atom stereocenters. The molecule has 0 aromatic heterocycles. The molecule has 0 aliphatic rings. The third-order valence-electron chi connectivity index (χ3n) is 1.88. The molecule has 9 nitrogen and oxygen atoms in total. The van der Waals surface area contributed by atoms with E-state index in [9.17, 15) is 14.7 Å². The smallest absolute Gasteiger partial charge is 0.325 e. The van der Waals surface area contributed by atoms with Crippen molar-refractivity contribution >= 4 is 17.9 Å². The van der Waals surface area contributed by atoms with Gasteiger partial charge in [0.2, 0.25) is 0 Å². The van der Waals surface area contributed by atoms with E-state index in [0.29, 0.717) is 13.0 Å². The second-order valence-electron chi connectivity index (χ2n) is 3.68. The van der Waals surface area contributed by atoms with Crippen LogP contribution in [0.1, 0.15) is 12.8 Å². The fourth-order valence-electron chi connectivity index (χ4n) is 0.963. The Balaban J connectivity index is 3.63. The highest BCUT2D eigenvalue weighted by Gasteiger charge is 2.11. The molecule has 0 bridgehead atoms. The van der Waals surface area contributed by atoms with Gasteiger partial charge in [0, 0.05) is 6.42 Å². The van der Waals surface area contributed by atoms with Crippen molar-refractivity contribution in [3.8, 4) is 0 Å². The van der Waals surface area contributed by atoms with Gasteiger partial charge < -0.3 is 31.4 Å². The summed E-state index contributed by atoms with van der Waals surface area (Å²) in [6.07, 6.45) is -0.394. The summed E-state index contributed by atoms with van der Waals surface area (Å²) in [5, 5.41) is 18.4. The van der Waals surface area contributed by atoms with E-state index < -0.39 is 18.0 Å². The third-order valence-corrected chi connectivity index (χ3v) is 1.88. The summed E-state index contributed by atoms with van der Waals surface area (Å²) in [7, 11) is 0. The highest BCUT2D eigenvalue weighted by atomic mass is 16.6. The van der Waals surface area contributed by atoms with Crippen molar-refractivity contribution in [2.75, 3.05) is 26.3 Å². The van der Waals surface area contributed by atoms with Crippen LogP contribution in [0.5, 0.6) is 0 Å². The summed E-state index contributed by atoms with van der Waals surface area (Å²) >= 11 is 0. The maximum absolute atomic E-state index is 11.1. The van der Waals surface area contributed by atoms with Crippen molar-refractivity contribution in [2.45, 2.75) is 18.9 Å². The second-order valence-corrected chi connectivity index (χ2v) is 3.68. The Bertz CT molecular complexity index is 310. The van der Waals surface area contributed by atoms with Crippen LogP contribution in [0.25, 0.3) is 0 Å². The molecular weight excluding hydrogens is 256 g/mol. The number of hydrogen-bond donors (Lipinski definition) is 5. The van der Waals surface area contributed by atoms with E-state index in [-0.39, 0.29) is 32.1 Å². The maximum atomic E-state index is 11.1. The van der Waals surface area contributed by atoms with Crippen molar-refractivity contribution in [3.05, 3.63) is 0 Å². The Morgan fingerprint density at radius 1 is 1.26 bits per heavy atom. The number of esters is 2. The number of hydrogen-bond acceptors (Lipinski definition) is 7. The molecule has 0 saturated carbocycles. The molecule has 0 spiro atoms. The van der Waals surface area contributed by atoms with Gasteiger partial charge in [-0.25, -0.2) is 0 Å². The first-order valence-corrected chi connectivity index (χ1v) is 5.73. The average molecular weight is 276 g/mol. The maximum Gasteiger partial charge on any atom is 0.325 e. The molecular formula is C10H20N4O5. The Labute approximate surface area is 110 Å². The summed E-state index contributed by atoms with van der Waals surface area (Å²) in [6, 6.07) is 0. The van der Waals surface area contributed by atoms with Crippen molar-refractivity contribution in [3.63, 3.8) is 0 Å². The largest absolute Gasteiger partial charge is 0.463 e. The number of carbonyl (C=O) groups is 2. The zero-order valence-electron chi connectivity index (χ0n) is 10.6. The molecule has 1 atom stereocenters. The van der Waals surface area contributed by atoms with E-state index in [0.717, 1.165) is 0 Å². The Morgan fingerprint density at radius 2 is 1.84 bits per heavy atom. The van der Waals surface area contributed by atoms with Crippen molar-refractivity contribution in [1.29, 1.82) is 5.41 Å². The molecule has 0 aromatic carbocycles. The lowest BCUT2D eigenvalue weighted by molar-refractivity contribution is -0.151. The molecule has 0 aromatic rings. The fraction of sp³-hybridized carbons (Fsp3) is 0.700. The van der Waals surface area contributed by atoms with Crippen molar-refractivity contribution in [2.24, 2.45) is 11.5 Å². The molecule has 0 aliphatic heterocycles. The molecule has 110 valence electrons. The number of carbonyl (C=O) groups excluding carboxylic acids is 2. The Morgan fingerprint density at radius 3 is 2.37 bits per heavy atom. The normalized spacial score (nSPS) is 11.5. The molecule has 7 N–H and O–H groups in total. The van der Waals surface area contributed by atoms with Crippen LogP contribution in [-0.2, 0) is 19.1 Å². The summed E-state index contributed by atoms with van der Waals surface area (Å²) in [4.78, 5) is 22.1. The van der Waals surface area contributed by atoms with Crippen LogP contribution < -0.4 is 16.8 Å². The molecule has 9 heteroatoms. The van der Waals surface area contributed by atoms with Gasteiger partial charge in [0.25, 0.3) is 0 Å².